The minimum Gasteiger partial charge on any atom is -0.497 e. The molecule has 4 heteroatoms. The number of nitrogens with two attached hydrogens (primary N) is 1. The molecule has 0 fully saturated rings. The molecule has 1 amide bonds. The Bertz CT molecular complexity index is 459. The van der Waals surface area contributed by atoms with Crippen LogP contribution in [0.2, 0.25) is 0 Å². The minimum atomic E-state index is -0.213. The molecule has 4 nitrogen and oxygen atoms in total. The Morgan fingerprint density at radius 2 is 2.37 bits per heavy atom. The number of ether oxygens (including phenoxy) is 1. The van der Waals surface area contributed by atoms with Gasteiger partial charge in [-0.25, -0.2) is 0 Å². The highest BCUT2D eigenvalue weighted by Crippen LogP contribution is 2.31. The van der Waals surface area contributed by atoms with Crippen LogP contribution in [0.25, 0.3) is 0 Å². The number of carbonyl (C=O) groups is 1. The highest BCUT2D eigenvalue weighted by Gasteiger charge is 2.21. The van der Waals surface area contributed by atoms with Crippen molar-refractivity contribution in [2.24, 2.45) is 11.7 Å². The molecule has 1 aliphatic heterocycles. The van der Waals surface area contributed by atoms with Gasteiger partial charge in [-0.05, 0) is 42.0 Å². The van der Waals surface area contributed by atoms with E-state index < -0.39 is 0 Å². The molecule has 0 saturated carbocycles. The highest BCUT2D eigenvalue weighted by molar-refractivity contribution is 5.76. The third-order valence-electron chi connectivity index (χ3n) is 3.93. The predicted molar refractivity (Wildman–Crippen MR) is 75.0 cm³/mol. The molecule has 3 N–H and O–H groups in total. The molecule has 0 bridgehead atoms. The Labute approximate surface area is 114 Å². The summed E-state index contributed by atoms with van der Waals surface area (Å²) in [5.74, 6) is 1.06. The third kappa shape index (κ3) is 3.26. The van der Waals surface area contributed by atoms with E-state index in [-0.39, 0.29) is 11.8 Å². The molecule has 19 heavy (non-hydrogen) atoms. The molecule has 1 aliphatic rings. The summed E-state index contributed by atoms with van der Waals surface area (Å²) in [6.45, 7) is 3.75. The monoisotopic (exact) mass is 262 g/mol. The first-order valence-electron chi connectivity index (χ1n) is 6.78. The van der Waals surface area contributed by atoms with Gasteiger partial charge in [0.1, 0.15) is 5.75 Å². The number of hydrogen-bond acceptors (Lipinski definition) is 3. The van der Waals surface area contributed by atoms with Crippen LogP contribution in [-0.2, 0) is 11.3 Å². The molecule has 2 unspecified atom stereocenters. The number of methoxy groups -OCH3 is 1. The van der Waals surface area contributed by atoms with Gasteiger partial charge >= 0.3 is 0 Å². The van der Waals surface area contributed by atoms with Crippen LogP contribution in [0.4, 0.5) is 0 Å². The highest BCUT2D eigenvalue weighted by atomic mass is 16.5. The lowest BCUT2D eigenvalue weighted by molar-refractivity contribution is -0.121. The van der Waals surface area contributed by atoms with Crippen molar-refractivity contribution in [1.82, 2.24) is 5.32 Å². The molecule has 0 spiro atoms. The maximum atomic E-state index is 11.1. The smallest absolute Gasteiger partial charge is 0.220 e. The first-order chi connectivity index (χ1) is 9.11. The summed E-state index contributed by atoms with van der Waals surface area (Å²) in [7, 11) is 1.69. The van der Waals surface area contributed by atoms with Crippen LogP contribution in [0.5, 0.6) is 5.75 Å². The number of carbonyl (C=O) groups excluding carboxylic acids is 1. The number of nitrogens with one attached hydrogen (secondary N) is 1. The van der Waals surface area contributed by atoms with Gasteiger partial charge in [-0.15, -0.1) is 0 Å². The van der Waals surface area contributed by atoms with Crippen molar-refractivity contribution in [3.8, 4) is 5.75 Å². The fourth-order valence-electron chi connectivity index (χ4n) is 2.58. The van der Waals surface area contributed by atoms with Crippen LogP contribution in [0.3, 0.4) is 0 Å². The lowest BCUT2D eigenvalue weighted by Crippen LogP contribution is -2.29. The summed E-state index contributed by atoms with van der Waals surface area (Å²) in [5, 5.41) is 3.42. The van der Waals surface area contributed by atoms with E-state index in [0.29, 0.717) is 5.92 Å². The molecule has 0 aliphatic carbocycles. The summed E-state index contributed by atoms with van der Waals surface area (Å²) in [6.07, 6.45) is 1.80. The summed E-state index contributed by atoms with van der Waals surface area (Å²) in [5.41, 5.74) is 7.98. The topological polar surface area (TPSA) is 64.3 Å². The van der Waals surface area contributed by atoms with E-state index in [9.17, 15) is 4.79 Å². The van der Waals surface area contributed by atoms with Crippen molar-refractivity contribution in [2.75, 3.05) is 13.7 Å². The van der Waals surface area contributed by atoms with Crippen molar-refractivity contribution in [1.29, 1.82) is 0 Å². The summed E-state index contributed by atoms with van der Waals surface area (Å²) < 4.78 is 5.30. The lowest BCUT2D eigenvalue weighted by atomic mass is 9.85. The summed E-state index contributed by atoms with van der Waals surface area (Å²) >= 11 is 0. The second-order valence-electron chi connectivity index (χ2n) is 5.27. The minimum absolute atomic E-state index is 0.0593. The van der Waals surface area contributed by atoms with Crippen LogP contribution in [0.1, 0.15) is 36.8 Å². The third-order valence-corrected chi connectivity index (χ3v) is 3.93. The zero-order chi connectivity index (χ0) is 13.8. The maximum Gasteiger partial charge on any atom is 0.220 e. The first-order valence-corrected chi connectivity index (χ1v) is 6.78. The SMILES string of the molecule is COc1ccc2c(c1)C(CCC(C)C(N)=O)CNC2. The van der Waals surface area contributed by atoms with Crippen molar-refractivity contribution < 1.29 is 9.53 Å². The number of benzene rings is 1. The molecule has 0 saturated heterocycles. The van der Waals surface area contributed by atoms with Crippen molar-refractivity contribution in [3.63, 3.8) is 0 Å². The van der Waals surface area contributed by atoms with E-state index in [1.807, 2.05) is 13.0 Å². The molecule has 104 valence electrons. The number of hydrogen-bond donors (Lipinski definition) is 2. The van der Waals surface area contributed by atoms with E-state index >= 15 is 0 Å². The van der Waals surface area contributed by atoms with Crippen LogP contribution < -0.4 is 15.8 Å². The second kappa shape index (κ2) is 6.06. The average molecular weight is 262 g/mol. The van der Waals surface area contributed by atoms with Gasteiger partial charge in [-0.3, -0.25) is 4.79 Å². The molecule has 0 radical (unpaired) electrons. The van der Waals surface area contributed by atoms with Gasteiger partial charge in [-0.1, -0.05) is 13.0 Å². The van der Waals surface area contributed by atoms with E-state index in [1.54, 1.807) is 7.11 Å². The molecular weight excluding hydrogens is 240 g/mol. The van der Waals surface area contributed by atoms with Gasteiger partial charge in [0.15, 0.2) is 0 Å². The fourth-order valence-corrected chi connectivity index (χ4v) is 2.58. The van der Waals surface area contributed by atoms with E-state index in [1.165, 1.54) is 11.1 Å². The summed E-state index contributed by atoms with van der Waals surface area (Å²) in [6, 6.07) is 6.23. The predicted octanol–water partition coefficient (Wildman–Crippen LogP) is 1.78. The maximum absolute atomic E-state index is 11.1. The van der Waals surface area contributed by atoms with Crippen molar-refractivity contribution in [2.45, 2.75) is 32.2 Å². The van der Waals surface area contributed by atoms with Crippen LogP contribution in [-0.4, -0.2) is 19.6 Å². The van der Waals surface area contributed by atoms with Gasteiger partial charge in [0.25, 0.3) is 0 Å². The van der Waals surface area contributed by atoms with Gasteiger partial charge in [0.2, 0.25) is 5.91 Å². The number of rotatable bonds is 5. The van der Waals surface area contributed by atoms with Gasteiger partial charge in [0.05, 0.1) is 7.11 Å². The second-order valence-corrected chi connectivity index (χ2v) is 5.27. The Balaban J connectivity index is 2.10. The standard InChI is InChI=1S/C15H22N2O2/c1-10(15(16)18)3-4-11-8-17-9-12-5-6-13(19-2)7-14(11)12/h5-7,10-11,17H,3-4,8-9H2,1-2H3,(H2,16,18). The zero-order valence-electron chi connectivity index (χ0n) is 11.6. The zero-order valence-corrected chi connectivity index (χ0v) is 11.6. The van der Waals surface area contributed by atoms with Crippen molar-refractivity contribution in [3.05, 3.63) is 29.3 Å². The van der Waals surface area contributed by atoms with Gasteiger partial charge in [-0.2, -0.15) is 0 Å². The quantitative estimate of drug-likeness (QED) is 0.850. The largest absolute Gasteiger partial charge is 0.497 e. The normalized spacial score (nSPS) is 19.6. The van der Waals surface area contributed by atoms with E-state index in [4.69, 9.17) is 10.5 Å². The van der Waals surface area contributed by atoms with Crippen LogP contribution in [0, 0.1) is 5.92 Å². The van der Waals surface area contributed by atoms with Gasteiger partial charge < -0.3 is 15.8 Å². The number of amides is 1. The molecule has 2 rings (SSSR count). The molecular formula is C15H22N2O2. The molecule has 1 heterocycles. The average Bonchev–Trinajstić information content (AvgIpc) is 2.43. The number of primary amides is 1. The van der Waals surface area contributed by atoms with Gasteiger partial charge in [0, 0.05) is 19.0 Å². The van der Waals surface area contributed by atoms with Crippen molar-refractivity contribution >= 4 is 5.91 Å². The Morgan fingerprint density at radius 3 is 3.05 bits per heavy atom. The number of fused-ring (bicyclic) bond motifs is 1. The fraction of sp³-hybridized carbons (Fsp3) is 0.533. The van der Waals surface area contributed by atoms with Crippen LogP contribution >= 0.6 is 0 Å². The molecule has 0 aromatic heterocycles. The molecule has 1 aromatic carbocycles. The Morgan fingerprint density at radius 1 is 1.58 bits per heavy atom. The Kier molecular flexibility index (Phi) is 4.43. The lowest BCUT2D eigenvalue weighted by Gasteiger charge is -2.27. The molecule has 1 aromatic rings. The Hall–Kier alpha value is -1.55. The van der Waals surface area contributed by atoms with E-state index in [2.05, 4.69) is 17.4 Å². The first kappa shape index (κ1) is 13.9. The van der Waals surface area contributed by atoms with E-state index in [0.717, 1.165) is 31.7 Å². The van der Waals surface area contributed by atoms with Crippen LogP contribution in [0.15, 0.2) is 18.2 Å². The summed E-state index contributed by atoms with van der Waals surface area (Å²) in [4.78, 5) is 11.1. The molecule has 2 atom stereocenters.